The smallest absolute Gasteiger partial charge is 0.324 e. The van der Waals surface area contributed by atoms with Crippen molar-refractivity contribution in [2.45, 2.75) is 22.8 Å². The zero-order valence-electron chi connectivity index (χ0n) is 16.6. The maximum Gasteiger partial charge on any atom is 0.416 e. The van der Waals surface area contributed by atoms with Crippen molar-refractivity contribution in [1.29, 1.82) is 0 Å². The molecule has 0 aliphatic carbocycles. The van der Waals surface area contributed by atoms with Crippen LogP contribution in [0, 0.1) is 5.82 Å². The summed E-state index contributed by atoms with van der Waals surface area (Å²) in [6, 6.07) is 8.98. The van der Waals surface area contributed by atoms with Crippen LogP contribution in [-0.4, -0.2) is 26.4 Å². The number of halogens is 5. The van der Waals surface area contributed by atoms with Crippen LogP contribution in [0.5, 0.6) is 0 Å². The fourth-order valence-electron chi connectivity index (χ4n) is 2.55. The van der Waals surface area contributed by atoms with Crippen LogP contribution in [0.4, 0.5) is 23.2 Å². The van der Waals surface area contributed by atoms with Crippen molar-refractivity contribution >= 4 is 46.7 Å². The Morgan fingerprint density at radius 3 is 2.53 bits per heavy atom. The van der Waals surface area contributed by atoms with Gasteiger partial charge in [0.05, 0.1) is 27.8 Å². The predicted molar refractivity (Wildman–Crippen MR) is 118 cm³/mol. The van der Waals surface area contributed by atoms with Gasteiger partial charge in [-0.15, -0.1) is 22.0 Å². The van der Waals surface area contributed by atoms with E-state index in [9.17, 15) is 22.4 Å². The molecular weight excluding hydrogens is 488 g/mol. The normalized spacial score (nSPS) is 11.6. The molecule has 0 spiro atoms. The summed E-state index contributed by atoms with van der Waals surface area (Å²) in [4.78, 5) is 12.2. The number of aromatic nitrogens is 3. The molecule has 1 N–H and O–H groups in total. The molecule has 1 heterocycles. The lowest BCUT2D eigenvalue weighted by Gasteiger charge is -2.11. The Labute approximate surface area is 194 Å². The van der Waals surface area contributed by atoms with Crippen molar-refractivity contribution in [3.8, 4) is 0 Å². The van der Waals surface area contributed by atoms with Crippen molar-refractivity contribution in [3.63, 3.8) is 0 Å². The van der Waals surface area contributed by atoms with E-state index in [0.29, 0.717) is 22.5 Å². The minimum Gasteiger partial charge on any atom is -0.324 e. The summed E-state index contributed by atoms with van der Waals surface area (Å²) in [5.41, 5.74) is -0.0260. The average molecular weight is 505 g/mol. The van der Waals surface area contributed by atoms with Gasteiger partial charge < -0.3 is 9.88 Å². The topological polar surface area (TPSA) is 59.8 Å². The molecule has 0 aliphatic heterocycles. The summed E-state index contributed by atoms with van der Waals surface area (Å²) in [6.45, 7) is 0. The zero-order chi connectivity index (χ0) is 23.3. The molecule has 0 saturated heterocycles. The van der Waals surface area contributed by atoms with Crippen LogP contribution >= 0.6 is 35.1 Å². The summed E-state index contributed by atoms with van der Waals surface area (Å²) in [6.07, 6.45) is -4.54. The number of nitrogens with zero attached hydrogens (tertiary/aromatic N) is 3. The first kappa shape index (κ1) is 24.4. The minimum atomic E-state index is -4.54. The number of benzene rings is 2. The number of amides is 1. The lowest BCUT2D eigenvalue weighted by atomic mass is 10.2. The van der Waals surface area contributed by atoms with Crippen LogP contribution in [0.15, 0.2) is 47.6 Å². The van der Waals surface area contributed by atoms with Gasteiger partial charge in [0.2, 0.25) is 5.91 Å². The standard InChI is InChI=1S/C20H17ClF4N4OS2/c1-29-17(10-31-9-12-2-5-14(22)6-3-12)27-28-19(29)32-11-18(30)26-16-8-13(20(23,24)25)4-7-15(16)21/h2-8H,9-11H2,1H3,(H,26,30). The van der Waals surface area contributed by atoms with Gasteiger partial charge in [0.1, 0.15) is 11.6 Å². The Morgan fingerprint density at radius 2 is 1.84 bits per heavy atom. The Kier molecular flexibility index (Phi) is 8.07. The van der Waals surface area contributed by atoms with Crippen LogP contribution in [0.25, 0.3) is 0 Å². The van der Waals surface area contributed by atoms with Gasteiger partial charge in [-0.2, -0.15) is 13.2 Å². The third-order valence-electron chi connectivity index (χ3n) is 4.24. The maximum absolute atomic E-state index is 13.0. The highest BCUT2D eigenvalue weighted by Crippen LogP contribution is 2.34. The van der Waals surface area contributed by atoms with Crippen molar-refractivity contribution < 1.29 is 22.4 Å². The summed E-state index contributed by atoms with van der Waals surface area (Å²) >= 11 is 8.59. The number of anilines is 1. The maximum atomic E-state index is 13.0. The largest absolute Gasteiger partial charge is 0.416 e. The number of hydrogen-bond acceptors (Lipinski definition) is 5. The minimum absolute atomic E-state index is 0.00970. The molecule has 2 aromatic carbocycles. The van der Waals surface area contributed by atoms with Crippen LogP contribution in [-0.2, 0) is 29.5 Å². The van der Waals surface area contributed by atoms with Crippen molar-refractivity contribution in [2.75, 3.05) is 11.1 Å². The fourth-order valence-corrected chi connectivity index (χ4v) is 4.41. The molecule has 170 valence electrons. The van der Waals surface area contributed by atoms with Gasteiger partial charge in [0, 0.05) is 12.8 Å². The molecule has 0 fully saturated rings. The second kappa shape index (κ2) is 10.6. The fraction of sp³-hybridized carbons (Fsp3) is 0.250. The molecule has 1 aromatic heterocycles. The van der Waals surface area contributed by atoms with Gasteiger partial charge >= 0.3 is 6.18 Å². The third-order valence-corrected chi connectivity index (χ3v) is 6.59. The highest BCUT2D eigenvalue weighted by molar-refractivity contribution is 7.99. The number of carbonyl (C=O) groups excluding carboxylic acids is 1. The lowest BCUT2D eigenvalue weighted by molar-refractivity contribution is -0.137. The Balaban J connectivity index is 1.52. The second-order valence-electron chi connectivity index (χ2n) is 6.61. The van der Waals surface area contributed by atoms with Crippen LogP contribution in [0.3, 0.4) is 0 Å². The lowest BCUT2D eigenvalue weighted by Crippen LogP contribution is -2.16. The zero-order valence-corrected chi connectivity index (χ0v) is 19.0. The van der Waals surface area contributed by atoms with E-state index in [1.54, 1.807) is 35.5 Å². The van der Waals surface area contributed by atoms with Crippen molar-refractivity contribution in [3.05, 3.63) is 70.3 Å². The van der Waals surface area contributed by atoms with E-state index in [4.69, 9.17) is 11.6 Å². The van der Waals surface area contributed by atoms with Crippen molar-refractivity contribution in [2.24, 2.45) is 7.05 Å². The molecule has 0 atom stereocenters. The molecule has 0 unspecified atom stereocenters. The van der Waals surface area contributed by atoms with E-state index < -0.39 is 17.6 Å². The quantitative estimate of drug-likeness (QED) is 0.311. The van der Waals surface area contributed by atoms with Gasteiger partial charge in [-0.3, -0.25) is 4.79 Å². The molecule has 3 rings (SSSR count). The third kappa shape index (κ3) is 6.63. The van der Waals surface area contributed by atoms with Gasteiger partial charge in [0.15, 0.2) is 5.16 Å². The molecule has 32 heavy (non-hydrogen) atoms. The predicted octanol–water partition coefficient (Wildman–Crippen LogP) is 5.79. The van der Waals surface area contributed by atoms with Crippen LogP contribution in [0.2, 0.25) is 5.02 Å². The van der Waals surface area contributed by atoms with E-state index in [1.165, 1.54) is 12.1 Å². The van der Waals surface area contributed by atoms with Gasteiger partial charge in [-0.05, 0) is 35.9 Å². The summed E-state index contributed by atoms with van der Waals surface area (Å²) < 4.78 is 53.3. The van der Waals surface area contributed by atoms with Crippen molar-refractivity contribution in [1.82, 2.24) is 14.8 Å². The summed E-state index contributed by atoms with van der Waals surface area (Å²) in [5, 5.41) is 11.1. The molecule has 0 radical (unpaired) electrons. The Bertz CT molecular complexity index is 1090. The highest BCUT2D eigenvalue weighted by Gasteiger charge is 2.31. The highest BCUT2D eigenvalue weighted by atomic mass is 35.5. The van der Waals surface area contributed by atoms with E-state index >= 15 is 0 Å². The molecule has 1 amide bonds. The van der Waals surface area contributed by atoms with E-state index in [0.717, 1.165) is 35.5 Å². The molecule has 3 aromatic rings. The molecule has 0 aliphatic rings. The number of thioether (sulfide) groups is 2. The number of alkyl halides is 3. The van der Waals surface area contributed by atoms with Crippen LogP contribution < -0.4 is 5.32 Å². The van der Waals surface area contributed by atoms with E-state index in [2.05, 4.69) is 15.5 Å². The number of carbonyl (C=O) groups is 1. The number of hydrogen-bond donors (Lipinski definition) is 1. The van der Waals surface area contributed by atoms with Gasteiger partial charge in [0.25, 0.3) is 0 Å². The first-order valence-corrected chi connectivity index (χ1v) is 11.6. The molecular formula is C20H17ClF4N4OS2. The Hall–Kier alpha value is -2.24. The first-order valence-electron chi connectivity index (χ1n) is 9.13. The van der Waals surface area contributed by atoms with E-state index in [1.807, 2.05) is 0 Å². The Morgan fingerprint density at radius 1 is 1.12 bits per heavy atom. The summed E-state index contributed by atoms with van der Waals surface area (Å²) in [5.74, 6) is 1.05. The second-order valence-corrected chi connectivity index (χ2v) is 8.94. The first-order chi connectivity index (χ1) is 15.1. The SMILES string of the molecule is Cn1c(CSCc2ccc(F)cc2)nnc1SCC(=O)Nc1cc(C(F)(F)F)ccc1Cl. The van der Waals surface area contributed by atoms with E-state index in [-0.39, 0.29) is 22.3 Å². The monoisotopic (exact) mass is 504 g/mol. The summed E-state index contributed by atoms with van der Waals surface area (Å²) in [7, 11) is 1.76. The molecule has 0 saturated carbocycles. The number of nitrogens with one attached hydrogen (secondary N) is 1. The molecule has 5 nitrogen and oxygen atoms in total. The molecule has 0 bridgehead atoms. The van der Waals surface area contributed by atoms with Gasteiger partial charge in [-0.25, -0.2) is 4.39 Å². The average Bonchev–Trinajstić information content (AvgIpc) is 3.08. The molecule has 12 heteroatoms. The van der Waals surface area contributed by atoms with Gasteiger partial charge in [-0.1, -0.05) is 35.5 Å². The van der Waals surface area contributed by atoms with Crippen LogP contribution in [0.1, 0.15) is 17.0 Å². The number of rotatable bonds is 8.